The average molecular weight is 296 g/mol. The third-order valence-corrected chi connectivity index (χ3v) is 4.24. The van der Waals surface area contributed by atoms with Crippen LogP contribution in [0.25, 0.3) is 0 Å². The third-order valence-electron chi connectivity index (χ3n) is 4.24. The van der Waals surface area contributed by atoms with Gasteiger partial charge in [-0.05, 0) is 51.9 Å². The van der Waals surface area contributed by atoms with Gasteiger partial charge in [-0.25, -0.2) is 0 Å². The summed E-state index contributed by atoms with van der Waals surface area (Å²) in [7, 11) is 0. The van der Waals surface area contributed by atoms with Crippen LogP contribution >= 0.6 is 0 Å². The fourth-order valence-corrected chi connectivity index (χ4v) is 3.08. The predicted octanol–water partition coefficient (Wildman–Crippen LogP) is 3.65. The molecule has 21 heavy (non-hydrogen) atoms. The fourth-order valence-electron chi connectivity index (χ4n) is 3.08. The Labute approximate surface area is 127 Å². The number of rotatable bonds is 6. The van der Waals surface area contributed by atoms with Gasteiger partial charge >= 0.3 is 11.9 Å². The molecule has 0 aliphatic heterocycles. The highest BCUT2D eigenvalue weighted by molar-refractivity contribution is 5.95. The Kier molecular flexibility index (Phi) is 6.43. The van der Waals surface area contributed by atoms with E-state index in [9.17, 15) is 9.59 Å². The number of hydrogen-bond donors (Lipinski definition) is 0. The predicted molar refractivity (Wildman–Crippen MR) is 81.7 cm³/mol. The smallest absolute Gasteiger partial charge is 0.320 e. The van der Waals surface area contributed by atoms with Crippen LogP contribution in [0.15, 0.2) is 11.1 Å². The summed E-state index contributed by atoms with van der Waals surface area (Å²) >= 11 is 0. The molecule has 1 aliphatic rings. The molecule has 0 aromatic carbocycles. The van der Waals surface area contributed by atoms with Crippen molar-refractivity contribution in [3.8, 4) is 0 Å². The van der Waals surface area contributed by atoms with Gasteiger partial charge in [0, 0.05) is 0 Å². The van der Waals surface area contributed by atoms with Gasteiger partial charge in [-0.2, -0.15) is 0 Å². The summed E-state index contributed by atoms with van der Waals surface area (Å²) in [6.45, 7) is 10.5. The van der Waals surface area contributed by atoms with E-state index in [0.29, 0.717) is 6.42 Å². The second-order valence-corrected chi connectivity index (χ2v) is 6.26. The van der Waals surface area contributed by atoms with Crippen molar-refractivity contribution in [2.75, 3.05) is 13.2 Å². The van der Waals surface area contributed by atoms with Gasteiger partial charge in [0.05, 0.1) is 13.2 Å². The van der Waals surface area contributed by atoms with Crippen molar-refractivity contribution in [1.82, 2.24) is 0 Å². The average Bonchev–Trinajstić information content (AvgIpc) is 2.38. The molecule has 0 bridgehead atoms. The molecule has 0 aromatic rings. The molecule has 0 saturated heterocycles. The third kappa shape index (κ3) is 4.58. The molecule has 0 aromatic heterocycles. The number of carbonyl (C=O) groups excluding carboxylic acids is 2. The van der Waals surface area contributed by atoms with Crippen molar-refractivity contribution in [2.24, 2.45) is 11.3 Å². The first-order valence-electron chi connectivity index (χ1n) is 7.85. The monoisotopic (exact) mass is 296 g/mol. The highest BCUT2D eigenvalue weighted by Crippen LogP contribution is 2.43. The number of carbonyl (C=O) groups is 2. The first kappa shape index (κ1) is 17.7. The maximum absolute atomic E-state index is 12.1. The van der Waals surface area contributed by atoms with Gasteiger partial charge in [0.1, 0.15) is 0 Å². The zero-order valence-corrected chi connectivity index (χ0v) is 14.0. The molecule has 120 valence electrons. The van der Waals surface area contributed by atoms with Gasteiger partial charge in [-0.3, -0.25) is 9.59 Å². The first-order chi connectivity index (χ1) is 9.83. The largest absolute Gasteiger partial charge is 0.465 e. The molecule has 4 heteroatoms. The Morgan fingerprint density at radius 2 is 1.67 bits per heavy atom. The van der Waals surface area contributed by atoms with Crippen LogP contribution in [0.5, 0.6) is 0 Å². The van der Waals surface area contributed by atoms with Crippen molar-refractivity contribution < 1.29 is 19.1 Å². The molecule has 0 heterocycles. The second kappa shape index (κ2) is 7.62. The van der Waals surface area contributed by atoms with Gasteiger partial charge in [0.15, 0.2) is 5.92 Å². The van der Waals surface area contributed by atoms with Crippen LogP contribution in [0.1, 0.15) is 60.3 Å². The van der Waals surface area contributed by atoms with Crippen LogP contribution in [0.4, 0.5) is 0 Å². The summed E-state index contributed by atoms with van der Waals surface area (Å²) in [5, 5.41) is 0. The number of ether oxygens (including phenoxy) is 2. The quantitative estimate of drug-likeness (QED) is 0.426. The van der Waals surface area contributed by atoms with E-state index in [-0.39, 0.29) is 18.6 Å². The summed E-state index contributed by atoms with van der Waals surface area (Å²) in [5.41, 5.74) is 2.53. The summed E-state index contributed by atoms with van der Waals surface area (Å²) in [4.78, 5) is 24.2. The Morgan fingerprint density at radius 3 is 2.10 bits per heavy atom. The molecule has 0 radical (unpaired) electrons. The summed E-state index contributed by atoms with van der Waals surface area (Å²) in [6.07, 6.45) is 3.69. The Bertz CT molecular complexity index is 403. The van der Waals surface area contributed by atoms with Crippen LogP contribution in [0.3, 0.4) is 0 Å². The normalized spacial score (nSPS) is 17.8. The van der Waals surface area contributed by atoms with E-state index in [1.54, 1.807) is 13.8 Å². The van der Waals surface area contributed by atoms with E-state index in [1.165, 1.54) is 11.1 Å². The molecule has 4 nitrogen and oxygen atoms in total. The van der Waals surface area contributed by atoms with Gasteiger partial charge in [-0.1, -0.05) is 25.0 Å². The van der Waals surface area contributed by atoms with Crippen molar-refractivity contribution in [3.63, 3.8) is 0 Å². The molecule has 0 atom stereocenters. The lowest BCUT2D eigenvalue weighted by Gasteiger charge is -2.35. The van der Waals surface area contributed by atoms with Crippen LogP contribution < -0.4 is 0 Å². The Hall–Kier alpha value is -1.32. The lowest BCUT2D eigenvalue weighted by molar-refractivity contribution is -0.161. The fraction of sp³-hybridized carbons (Fsp3) is 0.765. The molecule has 0 N–H and O–H groups in total. The lowest BCUT2D eigenvalue weighted by atomic mass is 9.70. The van der Waals surface area contributed by atoms with E-state index in [0.717, 1.165) is 19.3 Å². The molecule has 1 aliphatic carbocycles. The minimum atomic E-state index is -0.841. The first-order valence-corrected chi connectivity index (χ1v) is 7.85. The minimum Gasteiger partial charge on any atom is -0.465 e. The molecule has 0 amide bonds. The van der Waals surface area contributed by atoms with Crippen LogP contribution in [0.2, 0.25) is 0 Å². The van der Waals surface area contributed by atoms with Gasteiger partial charge in [-0.15, -0.1) is 0 Å². The van der Waals surface area contributed by atoms with Crippen molar-refractivity contribution in [1.29, 1.82) is 0 Å². The zero-order valence-electron chi connectivity index (χ0n) is 14.0. The standard InChI is InChI=1S/C17H28O4/c1-6-20-15(18)13(16(19)21-7-2)11-14-12(3)9-8-10-17(14,4)5/h13H,6-11H2,1-5H3. The number of hydrogen-bond acceptors (Lipinski definition) is 4. The van der Waals surface area contributed by atoms with Gasteiger partial charge in [0.2, 0.25) is 0 Å². The minimum absolute atomic E-state index is 0.0274. The molecule has 0 spiro atoms. The van der Waals surface area contributed by atoms with Crippen molar-refractivity contribution >= 4 is 11.9 Å². The van der Waals surface area contributed by atoms with E-state index < -0.39 is 17.9 Å². The molecule has 0 unspecified atom stereocenters. The number of esters is 2. The Morgan fingerprint density at radius 1 is 1.14 bits per heavy atom. The highest BCUT2D eigenvalue weighted by atomic mass is 16.6. The molecular weight excluding hydrogens is 268 g/mol. The van der Waals surface area contributed by atoms with Crippen LogP contribution in [0, 0.1) is 11.3 Å². The van der Waals surface area contributed by atoms with Crippen molar-refractivity contribution in [2.45, 2.75) is 60.3 Å². The second-order valence-electron chi connectivity index (χ2n) is 6.26. The van der Waals surface area contributed by atoms with Gasteiger partial charge < -0.3 is 9.47 Å². The summed E-state index contributed by atoms with van der Waals surface area (Å²) < 4.78 is 10.1. The SMILES string of the molecule is CCOC(=O)C(CC1=C(C)CCCC1(C)C)C(=O)OCC. The Balaban J connectivity index is 2.99. The zero-order chi connectivity index (χ0) is 16.0. The van der Waals surface area contributed by atoms with Crippen LogP contribution in [-0.4, -0.2) is 25.2 Å². The number of allylic oxidation sites excluding steroid dienone is 2. The van der Waals surface area contributed by atoms with Gasteiger partial charge in [0.25, 0.3) is 0 Å². The molecule has 1 rings (SSSR count). The maximum atomic E-state index is 12.1. The maximum Gasteiger partial charge on any atom is 0.320 e. The summed E-state index contributed by atoms with van der Waals surface area (Å²) in [5.74, 6) is -1.79. The highest BCUT2D eigenvalue weighted by Gasteiger charge is 2.36. The molecular formula is C17H28O4. The lowest BCUT2D eigenvalue weighted by Crippen LogP contribution is -2.32. The molecule has 0 saturated carbocycles. The topological polar surface area (TPSA) is 52.6 Å². The van der Waals surface area contributed by atoms with E-state index in [4.69, 9.17) is 9.47 Å². The van der Waals surface area contributed by atoms with E-state index in [1.807, 2.05) is 0 Å². The molecule has 0 fully saturated rings. The van der Waals surface area contributed by atoms with E-state index >= 15 is 0 Å². The van der Waals surface area contributed by atoms with Crippen LogP contribution in [-0.2, 0) is 19.1 Å². The van der Waals surface area contributed by atoms with E-state index in [2.05, 4.69) is 20.8 Å². The van der Waals surface area contributed by atoms with Crippen molar-refractivity contribution in [3.05, 3.63) is 11.1 Å². The summed E-state index contributed by atoms with van der Waals surface area (Å²) in [6, 6.07) is 0.